The zero-order valence-corrected chi connectivity index (χ0v) is 14.3. The van der Waals surface area contributed by atoms with Crippen molar-refractivity contribution in [1.82, 2.24) is 0 Å². The van der Waals surface area contributed by atoms with Crippen LogP contribution in [0.25, 0.3) is 0 Å². The second-order valence-electron chi connectivity index (χ2n) is 7.78. The van der Waals surface area contributed by atoms with Crippen LogP contribution in [0, 0.1) is 5.41 Å². The third-order valence-corrected chi connectivity index (χ3v) is 5.60. The minimum absolute atomic E-state index is 0.133. The van der Waals surface area contributed by atoms with Crippen molar-refractivity contribution in [3.8, 4) is 0 Å². The van der Waals surface area contributed by atoms with E-state index in [2.05, 4.69) is 0 Å². The third-order valence-electron chi connectivity index (χ3n) is 5.60. The molecule has 2 fully saturated rings. The van der Waals surface area contributed by atoms with Crippen LogP contribution >= 0.6 is 0 Å². The molecule has 1 saturated carbocycles. The van der Waals surface area contributed by atoms with Crippen LogP contribution in [0.15, 0.2) is 24.3 Å². The highest BCUT2D eigenvalue weighted by Gasteiger charge is 2.48. The smallest absolute Gasteiger partial charge is 0.233 e. The summed E-state index contributed by atoms with van der Waals surface area (Å²) in [6.45, 7) is 3.36. The number of aliphatic hydroxyl groups is 2. The fourth-order valence-corrected chi connectivity index (χ4v) is 3.92. The first kappa shape index (κ1) is 17.4. The molecular formula is C19H26FNO3. The van der Waals surface area contributed by atoms with Crippen molar-refractivity contribution < 1.29 is 19.4 Å². The molecule has 132 valence electrons. The minimum atomic E-state index is -1.71. The van der Waals surface area contributed by atoms with E-state index in [0.29, 0.717) is 24.9 Å². The van der Waals surface area contributed by atoms with E-state index in [1.165, 1.54) is 13.8 Å². The second-order valence-corrected chi connectivity index (χ2v) is 7.78. The van der Waals surface area contributed by atoms with Gasteiger partial charge >= 0.3 is 0 Å². The number of benzene rings is 1. The van der Waals surface area contributed by atoms with E-state index in [4.69, 9.17) is 0 Å². The average molecular weight is 335 g/mol. The molecule has 1 aromatic rings. The van der Waals surface area contributed by atoms with Crippen molar-refractivity contribution in [1.29, 1.82) is 0 Å². The van der Waals surface area contributed by atoms with Gasteiger partial charge in [0.2, 0.25) is 5.91 Å². The summed E-state index contributed by atoms with van der Waals surface area (Å²) in [5.41, 5.74) is -0.736. The average Bonchev–Trinajstić information content (AvgIpc) is 2.86. The van der Waals surface area contributed by atoms with E-state index in [9.17, 15) is 19.4 Å². The van der Waals surface area contributed by atoms with E-state index in [-0.39, 0.29) is 17.4 Å². The van der Waals surface area contributed by atoms with Gasteiger partial charge < -0.3 is 15.1 Å². The van der Waals surface area contributed by atoms with Crippen LogP contribution in [0.5, 0.6) is 0 Å². The molecule has 24 heavy (non-hydrogen) atoms. The fraction of sp³-hybridized carbons (Fsp3) is 0.632. The monoisotopic (exact) mass is 335 g/mol. The lowest BCUT2D eigenvalue weighted by atomic mass is 9.72. The van der Waals surface area contributed by atoms with Crippen molar-refractivity contribution in [2.24, 2.45) is 5.41 Å². The second kappa shape index (κ2) is 6.12. The molecular weight excluding hydrogens is 309 g/mol. The van der Waals surface area contributed by atoms with Crippen LogP contribution in [0.1, 0.15) is 57.6 Å². The molecule has 1 amide bonds. The Hall–Kier alpha value is -1.46. The molecule has 5 heteroatoms. The highest BCUT2D eigenvalue weighted by molar-refractivity contribution is 5.99. The molecule has 1 aromatic carbocycles. The van der Waals surface area contributed by atoms with Gasteiger partial charge in [0.25, 0.3) is 0 Å². The Kier molecular flexibility index (Phi) is 4.43. The molecule has 2 aliphatic rings. The summed E-state index contributed by atoms with van der Waals surface area (Å²) in [6.07, 6.45) is 2.23. The van der Waals surface area contributed by atoms with Gasteiger partial charge in [-0.05, 0) is 63.6 Å². The summed E-state index contributed by atoms with van der Waals surface area (Å²) in [7, 11) is 0. The first-order valence-corrected chi connectivity index (χ1v) is 8.70. The van der Waals surface area contributed by atoms with E-state index in [1.807, 2.05) is 0 Å². The van der Waals surface area contributed by atoms with Gasteiger partial charge in [-0.25, -0.2) is 4.39 Å². The normalized spacial score (nSPS) is 29.3. The van der Waals surface area contributed by atoms with Crippen molar-refractivity contribution in [3.05, 3.63) is 29.8 Å². The van der Waals surface area contributed by atoms with Crippen LogP contribution < -0.4 is 4.90 Å². The molecule has 1 aliphatic heterocycles. The van der Waals surface area contributed by atoms with E-state index in [0.717, 1.165) is 24.9 Å². The molecule has 3 rings (SSSR count). The zero-order valence-electron chi connectivity index (χ0n) is 14.3. The van der Waals surface area contributed by atoms with E-state index in [1.54, 1.807) is 29.2 Å². The Morgan fingerprint density at radius 3 is 2.33 bits per heavy atom. The first-order valence-electron chi connectivity index (χ1n) is 8.70. The van der Waals surface area contributed by atoms with Crippen molar-refractivity contribution in [2.75, 3.05) is 11.4 Å². The van der Waals surface area contributed by atoms with E-state index >= 15 is 0 Å². The highest BCUT2D eigenvalue weighted by Crippen LogP contribution is 2.46. The van der Waals surface area contributed by atoms with Gasteiger partial charge in [0.1, 0.15) is 11.8 Å². The van der Waals surface area contributed by atoms with Gasteiger partial charge in [-0.3, -0.25) is 4.79 Å². The first-order chi connectivity index (χ1) is 11.2. The lowest BCUT2D eigenvalue weighted by Gasteiger charge is -2.33. The molecule has 1 unspecified atom stereocenters. The number of alkyl halides is 1. The Balaban J connectivity index is 1.75. The Morgan fingerprint density at radius 2 is 1.79 bits per heavy atom. The predicted octanol–water partition coefficient (Wildman–Crippen LogP) is 3.13. The standard InChI is InChI=1S/C19H26FNO3/c1-18(2,20)16(23)13-3-5-14(6-4-13)21-12-11-19(17(21)24)9-7-15(22)8-10-19/h3-6,15-16,22-23H,7-12H2,1-2H3. The number of aliphatic hydroxyl groups excluding tert-OH is 2. The molecule has 1 aliphatic carbocycles. The number of anilines is 1. The van der Waals surface area contributed by atoms with Gasteiger partial charge in [0.05, 0.1) is 11.5 Å². The summed E-state index contributed by atoms with van der Waals surface area (Å²) >= 11 is 0. The van der Waals surface area contributed by atoms with Gasteiger partial charge in [0, 0.05) is 12.2 Å². The molecule has 0 bridgehead atoms. The predicted molar refractivity (Wildman–Crippen MR) is 90.5 cm³/mol. The number of hydrogen-bond acceptors (Lipinski definition) is 3. The maximum Gasteiger partial charge on any atom is 0.233 e. The third kappa shape index (κ3) is 3.07. The summed E-state index contributed by atoms with van der Waals surface area (Å²) in [4.78, 5) is 14.7. The fourth-order valence-electron chi connectivity index (χ4n) is 3.92. The summed E-state index contributed by atoms with van der Waals surface area (Å²) < 4.78 is 13.9. The maximum absolute atomic E-state index is 13.9. The van der Waals surface area contributed by atoms with Crippen LogP contribution in [0.4, 0.5) is 10.1 Å². The summed E-state index contributed by atoms with van der Waals surface area (Å²) in [5.74, 6) is 0.133. The number of halogens is 1. The molecule has 0 aromatic heterocycles. The summed E-state index contributed by atoms with van der Waals surface area (Å²) in [5, 5.41) is 19.7. The SMILES string of the molecule is CC(C)(F)C(O)c1ccc(N2CCC3(CCC(O)CC3)C2=O)cc1. The van der Waals surface area contributed by atoms with Gasteiger partial charge in [0.15, 0.2) is 0 Å². The minimum Gasteiger partial charge on any atom is -0.393 e. The zero-order chi connectivity index (χ0) is 17.5. The van der Waals surface area contributed by atoms with Crippen molar-refractivity contribution in [2.45, 2.75) is 63.8 Å². The molecule has 0 radical (unpaired) electrons. The van der Waals surface area contributed by atoms with Crippen LogP contribution in [0.3, 0.4) is 0 Å². The highest BCUT2D eigenvalue weighted by atomic mass is 19.1. The van der Waals surface area contributed by atoms with Crippen LogP contribution in [-0.2, 0) is 4.79 Å². The molecule has 1 spiro atoms. The molecule has 2 N–H and O–H groups in total. The Labute approximate surface area is 142 Å². The molecule has 1 saturated heterocycles. The van der Waals surface area contributed by atoms with Gasteiger partial charge in [-0.15, -0.1) is 0 Å². The van der Waals surface area contributed by atoms with E-state index < -0.39 is 11.8 Å². The van der Waals surface area contributed by atoms with Crippen molar-refractivity contribution in [3.63, 3.8) is 0 Å². The number of rotatable bonds is 3. The number of nitrogens with zero attached hydrogens (tertiary/aromatic N) is 1. The lowest BCUT2D eigenvalue weighted by molar-refractivity contribution is -0.128. The number of carbonyl (C=O) groups excluding carboxylic acids is 1. The molecule has 1 heterocycles. The number of carbonyl (C=O) groups is 1. The summed E-state index contributed by atoms with van der Waals surface area (Å²) in [6, 6.07) is 6.92. The Morgan fingerprint density at radius 1 is 1.21 bits per heavy atom. The van der Waals surface area contributed by atoms with Crippen LogP contribution in [0.2, 0.25) is 0 Å². The van der Waals surface area contributed by atoms with Gasteiger partial charge in [-0.1, -0.05) is 12.1 Å². The maximum atomic E-state index is 13.9. The molecule has 1 atom stereocenters. The lowest BCUT2D eigenvalue weighted by Crippen LogP contribution is -2.38. The Bertz CT molecular complexity index is 600. The van der Waals surface area contributed by atoms with Crippen molar-refractivity contribution >= 4 is 11.6 Å². The van der Waals surface area contributed by atoms with Crippen LogP contribution in [-0.4, -0.2) is 34.4 Å². The largest absolute Gasteiger partial charge is 0.393 e. The topological polar surface area (TPSA) is 60.8 Å². The number of hydrogen-bond donors (Lipinski definition) is 2. The quantitative estimate of drug-likeness (QED) is 0.892. The van der Waals surface area contributed by atoms with Gasteiger partial charge in [-0.2, -0.15) is 0 Å². The molecule has 4 nitrogen and oxygen atoms in total. The number of amides is 1.